The minimum absolute atomic E-state index is 1.11. The third-order valence-electron chi connectivity index (χ3n) is 15.2. The van der Waals surface area contributed by atoms with Gasteiger partial charge >= 0.3 is 0 Å². The molecule has 0 radical (unpaired) electrons. The molecule has 5 heteroatoms. The Hall–Kier alpha value is -7.68. The summed E-state index contributed by atoms with van der Waals surface area (Å²) >= 11 is 0. The maximum Gasteiger partial charge on any atom is 0.118 e. The summed E-state index contributed by atoms with van der Waals surface area (Å²) in [5.41, 5.74) is 2.29. The number of hydrogen-bond donors (Lipinski definition) is 0. The van der Waals surface area contributed by atoms with Crippen LogP contribution in [0.4, 0.5) is 0 Å². The Morgan fingerprint density at radius 3 is 0.481 bits per heavy atom. The van der Waals surface area contributed by atoms with E-state index in [1.165, 1.54) is 63.7 Å². The first-order valence-electron chi connectivity index (χ1n) is 27.7. The molecule has 0 unspecified atom stereocenters. The van der Waals surface area contributed by atoms with E-state index >= 15 is 0 Å². The summed E-state index contributed by atoms with van der Waals surface area (Å²) in [4.78, 5) is 0. The summed E-state index contributed by atoms with van der Waals surface area (Å²) in [5.74, 6) is 0. The molecule has 0 aliphatic rings. The molecule has 1 nitrogen and oxygen atoms in total. The van der Waals surface area contributed by atoms with Crippen molar-refractivity contribution in [2.45, 2.75) is 25.0 Å². The topological polar surface area (TPSA) is 9.23 Å². The highest BCUT2D eigenvalue weighted by Crippen LogP contribution is 2.51. The fraction of sp³-hybridized carbons (Fsp3) is 0.0526. The number of rotatable bonds is 18. The van der Waals surface area contributed by atoms with Gasteiger partial charge in [-0.2, -0.15) is 0 Å². The van der Waals surface area contributed by atoms with Gasteiger partial charge in [0.1, 0.15) is 11.2 Å². The Morgan fingerprint density at radius 2 is 0.321 bits per heavy atom. The lowest BCUT2D eigenvalue weighted by molar-refractivity contribution is -0.104. The van der Waals surface area contributed by atoms with Gasteiger partial charge in [-0.05, 0) is 131 Å². The van der Waals surface area contributed by atoms with E-state index in [2.05, 4.69) is 354 Å². The van der Waals surface area contributed by atoms with Gasteiger partial charge in [-0.1, -0.05) is 340 Å². The van der Waals surface area contributed by atoms with Crippen molar-refractivity contribution in [1.29, 1.82) is 0 Å². The lowest BCUT2D eigenvalue weighted by Gasteiger charge is -2.46. The molecule has 12 aromatic rings. The lowest BCUT2D eigenvalue weighted by atomic mass is 9.82. The predicted molar refractivity (Wildman–Crippen MR) is 355 cm³/mol. The summed E-state index contributed by atoms with van der Waals surface area (Å²) in [5, 5.41) is 15.3. The molecule has 0 spiro atoms. The molecule has 392 valence electrons. The maximum atomic E-state index is 9.06. The molecule has 0 saturated carbocycles. The Kier molecular flexibility index (Phi) is 16.6. The van der Waals surface area contributed by atoms with Crippen molar-refractivity contribution in [1.82, 2.24) is 0 Å². The van der Waals surface area contributed by atoms with Crippen LogP contribution in [0, 0.1) is 0 Å². The molecule has 0 aliphatic carbocycles. The lowest BCUT2D eigenvalue weighted by Crippen LogP contribution is -2.47. The molecular weight excluding hydrogens is 1050 g/mol. The van der Waals surface area contributed by atoms with E-state index in [1.54, 1.807) is 0 Å². The highest BCUT2D eigenvalue weighted by molar-refractivity contribution is 7.81. The molecule has 0 aliphatic heterocycles. The van der Waals surface area contributed by atoms with Crippen LogP contribution in [-0.2, 0) is 15.9 Å². The number of benzene rings is 12. The van der Waals surface area contributed by atoms with Crippen molar-refractivity contribution >= 4 is 95.3 Å². The molecular formula is C76H62OP4. The van der Waals surface area contributed by atoms with Crippen LogP contribution in [0.25, 0.3) is 0 Å². The van der Waals surface area contributed by atoms with E-state index in [0.29, 0.717) is 0 Å². The molecule has 0 amide bonds. The first kappa shape index (κ1) is 53.9. The highest BCUT2D eigenvalue weighted by Gasteiger charge is 2.47. The van der Waals surface area contributed by atoms with Gasteiger partial charge in [-0.3, -0.25) is 0 Å². The molecule has 0 heterocycles. The monoisotopic (exact) mass is 1110 g/mol. The van der Waals surface area contributed by atoms with Crippen LogP contribution in [0.1, 0.15) is 36.1 Å². The second kappa shape index (κ2) is 25.0. The quantitative estimate of drug-likeness (QED) is 0.0778. The minimum atomic E-state index is -1.12. The van der Waals surface area contributed by atoms with E-state index in [1.807, 2.05) is 0 Å². The summed E-state index contributed by atoms with van der Waals surface area (Å²) in [6.45, 7) is 4.80. The van der Waals surface area contributed by atoms with E-state index in [-0.39, 0.29) is 0 Å². The van der Waals surface area contributed by atoms with Gasteiger partial charge in [0.2, 0.25) is 0 Å². The van der Waals surface area contributed by atoms with Crippen molar-refractivity contribution in [2.24, 2.45) is 0 Å². The second-order valence-electron chi connectivity index (χ2n) is 20.3. The van der Waals surface area contributed by atoms with Crippen LogP contribution in [0.3, 0.4) is 0 Å². The Balaban J connectivity index is 1.21. The molecule has 0 N–H and O–H groups in total. The second-order valence-corrected chi connectivity index (χ2v) is 29.0. The van der Waals surface area contributed by atoms with Crippen LogP contribution in [-0.4, -0.2) is 0 Å². The zero-order valence-corrected chi connectivity index (χ0v) is 49.1. The third-order valence-corrected chi connectivity index (χ3v) is 25.2. The smallest absolute Gasteiger partial charge is 0.118 e. The molecule has 81 heavy (non-hydrogen) atoms. The first-order chi connectivity index (χ1) is 40.0. The number of hydrogen-bond acceptors (Lipinski definition) is 1. The summed E-state index contributed by atoms with van der Waals surface area (Å²) in [6, 6.07) is 126. The van der Waals surface area contributed by atoms with Crippen LogP contribution in [0.2, 0.25) is 0 Å². The largest absolute Gasteiger partial charge is 0.350 e. The molecule has 0 aromatic heterocycles. The fourth-order valence-electron chi connectivity index (χ4n) is 11.5. The summed E-state index contributed by atoms with van der Waals surface area (Å²) < 4.78 is 9.06. The van der Waals surface area contributed by atoms with Crippen molar-refractivity contribution < 1.29 is 4.74 Å². The SMILES string of the molecule is CC(OC(C)(c1ccccc1P(c1ccccc1)c1ccccc1)c1ccccc1P(c1ccccc1)c1ccccc1)(c1ccccc1P(c1ccccc1)c1ccccc1)c1ccccc1P(c1ccccc1)c1ccccc1. The zero-order chi connectivity index (χ0) is 54.9. The van der Waals surface area contributed by atoms with Gasteiger partial charge in [-0.25, -0.2) is 0 Å². The normalized spacial score (nSPS) is 11.8. The van der Waals surface area contributed by atoms with Crippen LogP contribution < -0.4 is 63.7 Å². The fourth-order valence-corrected chi connectivity index (χ4v) is 21.8. The van der Waals surface area contributed by atoms with Crippen molar-refractivity contribution in [3.8, 4) is 0 Å². The third kappa shape index (κ3) is 11.2. The van der Waals surface area contributed by atoms with E-state index in [0.717, 1.165) is 22.3 Å². The molecule has 0 fully saturated rings. The van der Waals surface area contributed by atoms with Crippen molar-refractivity contribution in [3.05, 3.63) is 362 Å². The first-order valence-corrected chi connectivity index (χ1v) is 33.1. The highest BCUT2D eigenvalue weighted by atomic mass is 31.1. The van der Waals surface area contributed by atoms with E-state index in [9.17, 15) is 0 Å². The molecule has 12 rings (SSSR count). The zero-order valence-electron chi connectivity index (χ0n) is 45.5. The molecule has 0 saturated heterocycles. The average Bonchev–Trinajstić information content (AvgIpc) is 3.50. The molecule has 12 aromatic carbocycles. The Labute approximate surface area is 484 Å². The van der Waals surface area contributed by atoms with Gasteiger partial charge < -0.3 is 4.74 Å². The van der Waals surface area contributed by atoms with Gasteiger partial charge in [0.25, 0.3) is 0 Å². The average molecular weight is 1120 g/mol. The van der Waals surface area contributed by atoms with Gasteiger partial charge in [-0.15, -0.1) is 0 Å². The van der Waals surface area contributed by atoms with Gasteiger partial charge in [0, 0.05) is 0 Å². The minimum Gasteiger partial charge on any atom is -0.350 e. The standard InChI is InChI=1S/C76H62OP4/c1-75(67-51-27-31-55-71(67)78(59-35-11-3-12-36-59)60-37-13-4-14-38-60,68-52-28-32-56-72(68)79(61-39-15-5-16-40-61)62-41-17-6-18-42-62)77-76(2,69-53-29-33-57-73(69)80(63-43-19-7-20-44-63)64-45-21-8-22-46-64)70-54-30-34-58-74(70)81(65-47-23-9-24-48-65)66-49-25-10-26-50-66/h3-58H,1-2H3. The van der Waals surface area contributed by atoms with E-state index < -0.39 is 42.9 Å². The van der Waals surface area contributed by atoms with E-state index in [4.69, 9.17) is 4.74 Å². The van der Waals surface area contributed by atoms with Crippen molar-refractivity contribution in [2.75, 3.05) is 0 Å². The Bertz CT molecular complexity index is 3270. The van der Waals surface area contributed by atoms with Gasteiger partial charge in [0.05, 0.1) is 0 Å². The summed E-state index contributed by atoms with van der Waals surface area (Å²) in [6.07, 6.45) is 0. The summed E-state index contributed by atoms with van der Waals surface area (Å²) in [7, 11) is -4.43. The number of ether oxygens (including phenoxy) is 1. The van der Waals surface area contributed by atoms with Gasteiger partial charge in [0.15, 0.2) is 0 Å². The Morgan fingerprint density at radius 1 is 0.185 bits per heavy atom. The maximum absolute atomic E-state index is 9.06. The van der Waals surface area contributed by atoms with Crippen molar-refractivity contribution in [3.63, 3.8) is 0 Å². The van der Waals surface area contributed by atoms with Crippen LogP contribution >= 0.6 is 31.7 Å². The van der Waals surface area contributed by atoms with Crippen LogP contribution in [0.5, 0.6) is 0 Å². The van der Waals surface area contributed by atoms with Crippen LogP contribution in [0.15, 0.2) is 340 Å². The molecule has 0 atom stereocenters. The molecule has 0 bridgehead atoms. The predicted octanol–water partition coefficient (Wildman–Crippen LogP) is 14.0.